The first-order chi connectivity index (χ1) is 15.2. The van der Waals surface area contributed by atoms with Crippen molar-refractivity contribution in [1.82, 2.24) is 20.2 Å². The van der Waals surface area contributed by atoms with Crippen LogP contribution in [0.2, 0.25) is 0 Å². The summed E-state index contributed by atoms with van der Waals surface area (Å²) in [7, 11) is 0. The highest BCUT2D eigenvalue weighted by molar-refractivity contribution is 5.94. The van der Waals surface area contributed by atoms with E-state index in [0.29, 0.717) is 37.7 Å². The molecule has 2 heterocycles. The van der Waals surface area contributed by atoms with Gasteiger partial charge in [0.05, 0.1) is 12.5 Å². The van der Waals surface area contributed by atoms with E-state index in [2.05, 4.69) is 20.2 Å². The van der Waals surface area contributed by atoms with Crippen molar-refractivity contribution in [3.63, 3.8) is 0 Å². The molecule has 1 saturated heterocycles. The van der Waals surface area contributed by atoms with Crippen molar-refractivity contribution in [2.75, 3.05) is 31.1 Å². The van der Waals surface area contributed by atoms with Crippen molar-refractivity contribution >= 4 is 17.8 Å². The lowest BCUT2D eigenvalue weighted by atomic mass is 10.0. The molecule has 31 heavy (non-hydrogen) atoms. The van der Waals surface area contributed by atoms with Crippen LogP contribution in [0.4, 0.5) is 5.95 Å². The second-order valence-corrected chi connectivity index (χ2v) is 7.42. The van der Waals surface area contributed by atoms with E-state index in [-0.39, 0.29) is 18.2 Å². The minimum Gasteiger partial charge on any atom is -0.345 e. The van der Waals surface area contributed by atoms with Crippen LogP contribution in [0.25, 0.3) is 0 Å². The van der Waals surface area contributed by atoms with Crippen LogP contribution in [0.3, 0.4) is 0 Å². The fourth-order valence-electron chi connectivity index (χ4n) is 3.68. The van der Waals surface area contributed by atoms with Crippen LogP contribution in [0.5, 0.6) is 0 Å². The molecule has 0 spiro atoms. The third-order valence-electron chi connectivity index (χ3n) is 5.39. The minimum atomic E-state index is -0.392. The number of hydrogen-bond acceptors (Lipinski definition) is 5. The van der Waals surface area contributed by atoms with Gasteiger partial charge in [-0.25, -0.2) is 9.97 Å². The largest absolute Gasteiger partial charge is 0.345 e. The first kappa shape index (κ1) is 20.5. The van der Waals surface area contributed by atoms with Crippen LogP contribution < -0.4 is 10.2 Å². The van der Waals surface area contributed by atoms with Crippen molar-refractivity contribution in [1.29, 1.82) is 0 Å². The maximum atomic E-state index is 13.1. The normalized spacial score (nSPS) is 14.7. The Morgan fingerprint density at radius 2 is 1.45 bits per heavy atom. The zero-order chi connectivity index (χ0) is 21.5. The number of amides is 2. The molecular formula is C24H25N5O2. The smallest absolute Gasteiger partial charge is 0.251 e. The van der Waals surface area contributed by atoms with E-state index in [9.17, 15) is 9.59 Å². The highest BCUT2D eigenvalue weighted by Crippen LogP contribution is 2.20. The Kier molecular flexibility index (Phi) is 6.52. The number of nitrogens with one attached hydrogen (secondary N) is 1. The van der Waals surface area contributed by atoms with E-state index in [1.54, 1.807) is 30.6 Å². The molecule has 0 bridgehead atoms. The van der Waals surface area contributed by atoms with Crippen LogP contribution in [0.1, 0.15) is 28.4 Å². The molecule has 0 saturated carbocycles. The van der Waals surface area contributed by atoms with Gasteiger partial charge < -0.3 is 15.1 Å². The summed E-state index contributed by atoms with van der Waals surface area (Å²) in [6.45, 7) is 2.57. The quantitative estimate of drug-likeness (QED) is 0.670. The predicted molar refractivity (Wildman–Crippen MR) is 119 cm³/mol. The van der Waals surface area contributed by atoms with Crippen molar-refractivity contribution in [2.24, 2.45) is 0 Å². The Hall–Kier alpha value is -3.74. The molecule has 0 aliphatic carbocycles. The third kappa shape index (κ3) is 5.25. The fraction of sp³-hybridized carbons (Fsp3) is 0.250. The molecule has 1 N–H and O–H groups in total. The molecule has 0 radical (unpaired) electrons. The van der Waals surface area contributed by atoms with Crippen LogP contribution in [-0.2, 0) is 4.79 Å². The molecule has 1 aliphatic rings. The second-order valence-electron chi connectivity index (χ2n) is 7.42. The molecule has 3 aromatic rings. The number of anilines is 1. The summed E-state index contributed by atoms with van der Waals surface area (Å²) in [6, 6.07) is 20.1. The third-order valence-corrected chi connectivity index (χ3v) is 5.39. The second kappa shape index (κ2) is 9.84. The molecule has 1 unspecified atom stereocenters. The van der Waals surface area contributed by atoms with E-state index in [1.165, 1.54) is 0 Å². The monoisotopic (exact) mass is 415 g/mol. The van der Waals surface area contributed by atoms with Gasteiger partial charge in [0.1, 0.15) is 0 Å². The Labute approximate surface area is 181 Å². The zero-order valence-electron chi connectivity index (χ0n) is 17.2. The number of piperazine rings is 1. The molecule has 7 heteroatoms. The van der Waals surface area contributed by atoms with Gasteiger partial charge in [-0.3, -0.25) is 9.59 Å². The topological polar surface area (TPSA) is 78.4 Å². The van der Waals surface area contributed by atoms with Gasteiger partial charge in [-0.05, 0) is 23.8 Å². The SMILES string of the molecule is O=C(NC(CC(=O)N1CCN(c2ncccn2)CC1)c1ccccc1)c1ccccc1. The number of carbonyl (C=O) groups excluding carboxylic acids is 2. The van der Waals surface area contributed by atoms with Crippen LogP contribution in [0.15, 0.2) is 79.1 Å². The number of nitrogens with zero attached hydrogens (tertiary/aromatic N) is 4. The summed E-state index contributed by atoms with van der Waals surface area (Å²) in [4.78, 5) is 38.3. The number of hydrogen-bond donors (Lipinski definition) is 1. The molecular weight excluding hydrogens is 390 g/mol. The first-order valence-electron chi connectivity index (χ1n) is 10.4. The summed E-state index contributed by atoms with van der Waals surface area (Å²) in [6.07, 6.45) is 3.66. The number of aromatic nitrogens is 2. The summed E-state index contributed by atoms with van der Waals surface area (Å²) in [5.74, 6) is 0.524. The molecule has 7 nitrogen and oxygen atoms in total. The van der Waals surface area contributed by atoms with E-state index in [4.69, 9.17) is 0 Å². The minimum absolute atomic E-state index is 0.0239. The maximum Gasteiger partial charge on any atom is 0.251 e. The molecule has 1 aliphatic heterocycles. The average Bonchev–Trinajstić information content (AvgIpc) is 2.85. The lowest BCUT2D eigenvalue weighted by Crippen LogP contribution is -2.50. The average molecular weight is 415 g/mol. The van der Waals surface area contributed by atoms with Crippen molar-refractivity contribution in [3.05, 3.63) is 90.3 Å². The summed E-state index contributed by atoms with van der Waals surface area (Å²) < 4.78 is 0. The molecule has 2 amide bonds. The van der Waals surface area contributed by atoms with Gasteiger partial charge in [0, 0.05) is 44.1 Å². The van der Waals surface area contributed by atoms with E-state index < -0.39 is 6.04 Å². The Balaban J connectivity index is 1.41. The van der Waals surface area contributed by atoms with Crippen LogP contribution >= 0.6 is 0 Å². The molecule has 1 fully saturated rings. The van der Waals surface area contributed by atoms with Crippen LogP contribution in [-0.4, -0.2) is 52.9 Å². The standard InChI is InChI=1S/C24H25N5O2/c30-22(28-14-16-29(17-15-28)24-25-12-7-13-26-24)18-21(19-8-3-1-4-9-19)27-23(31)20-10-5-2-6-11-20/h1-13,21H,14-18H2,(H,27,31). The Morgan fingerprint density at radius 1 is 0.839 bits per heavy atom. The Bertz CT molecular complexity index is 990. The molecule has 4 rings (SSSR count). The Morgan fingerprint density at radius 3 is 2.10 bits per heavy atom. The number of carbonyl (C=O) groups is 2. The zero-order valence-corrected chi connectivity index (χ0v) is 17.2. The van der Waals surface area contributed by atoms with E-state index in [1.807, 2.05) is 53.4 Å². The molecule has 2 aromatic carbocycles. The maximum absolute atomic E-state index is 13.1. The fourth-order valence-corrected chi connectivity index (χ4v) is 3.68. The van der Waals surface area contributed by atoms with Crippen molar-refractivity contribution < 1.29 is 9.59 Å². The van der Waals surface area contributed by atoms with E-state index >= 15 is 0 Å². The van der Waals surface area contributed by atoms with Gasteiger partial charge in [-0.15, -0.1) is 0 Å². The highest BCUT2D eigenvalue weighted by atomic mass is 16.2. The summed E-state index contributed by atoms with van der Waals surface area (Å²) in [5.41, 5.74) is 1.49. The summed E-state index contributed by atoms with van der Waals surface area (Å²) in [5, 5.41) is 3.04. The number of rotatable bonds is 6. The van der Waals surface area contributed by atoms with Gasteiger partial charge in [-0.1, -0.05) is 48.5 Å². The molecule has 1 aromatic heterocycles. The predicted octanol–water partition coefficient (Wildman–Crippen LogP) is 2.69. The van der Waals surface area contributed by atoms with E-state index in [0.717, 1.165) is 5.56 Å². The van der Waals surface area contributed by atoms with Gasteiger partial charge in [0.25, 0.3) is 5.91 Å². The summed E-state index contributed by atoms with van der Waals surface area (Å²) >= 11 is 0. The van der Waals surface area contributed by atoms with Gasteiger partial charge in [0.15, 0.2) is 0 Å². The van der Waals surface area contributed by atoms with Gasteiger partial charge in [0.2, 0.25) is 11.9 Å². The lowest BCUT2D eigenvalue weighted by molar-refractivity contribution is -0.132. The highest BCUT2D eigenvalue weighted by Gasteiger charge is 2.26. The van der Waals surface area contributed by atoms with Crippen molar-refractivity contribution in [2.45, 2.75) is 12.5 Å². The number of benzene rings is 2. The first-order valence-corrected chi connectivity index (χ1v) is 10.4. The van der Waals surface area contributed by atoms with Gasteiger partial charge >= 0.3 is 0 Å². The lowest BCUT2D eigenvalue weighted by Gasteiger charge is -2.35. The van der Waals surface area contributed by atoms with Crippen LogP contribution in [0, 0.1) is 0 Å². The van der Waals surface area contributed by atoms with Gasteiger partial charge in [-0.2, -0.15) is 0 Å². The van der Waals surface area contributed by atoms with Crippen molar-refractivity contribution in [3.8, 4) is 0 Å². The molecule has 158 valence electrons. The molecule has 1 atom stereocenters.